The smallest absolute Gasteiger partial charge is 0.0428 e. The molecule has 0 aromatic carbocycles. The zero-order chi connectivity index (χ0) is 4.28. The van der Waals surface area contributed by atoms with Crippen molar-refractivity contribution in [1.82, 2.24) is 0 Å². The van der Waals surface area contributed by atoms with E-state index in [1.54, 1.807) is 0 Å². The van der Waals surface area contributed by atoms with Crippen LogP contribution in [0.2, 0.25) is 0 Å². The Balaban J connectivity index is 0. The van der Waals surface area contributed by atoms with Gasteiger partial charge in [-0.15, -0.1) is 28.6 Å². The van der Waals surface area contributed by atoms with E-state index in [2.05, 4.69) is 6.58 Å². The molecule has 0 radical (unpaired) electrons. The van der Waals surface area contributed by atoms with Crippen molar-refractivity contribution in [2.24, 2.45) is 0 Å². The quantitative estimate of drug-likeness (QED) is 0.420. The molecule has 0 atom stereocenters. The van der Waals surface area contributed by atoms with Crippen LogP contribution in [0.1, 0.15) is 6.92 Å². The minimum Gasteiger partial charge on any atom is -0.122 e. The summed E-state index contributed by atoms with van der Waals surface area (Å²) < 4.78 is 0. The Bertz CT molecular complexity index is 42.8. The van der Waals surface area contributed by atoms with Crippen molar-refractivity contribution < 1.29 is 0 Å². The Hall–Kier alpha value is 0.510. The van der Waals surface area contributed by atoms with Gasteiger partial charge >= 0.3 is 0 Å². The molecule has 2 heteroatoms. The SMILES string of the molecule is Br.C=C(C)CCl. The van der Waals surface area contributed by atoms with E-state index in [0.717, 1.165) is 5.57 Å². The number of halogens is 2. The number of allylic oxidation sites excluding steroid dienone is 1. The van der Waals surface area contributed by atoms with Crippen molar-refractivity contribution in [3.63, 3.8) is 0 Å². The highest BCUT2D eigenvalue weighted by Crippen LogP contribution is 1.86. The molecule has 0 aliphatic carbocycles. The van der Waals surface area contributed by atoms with Crippen LogP contribution in [0.15, 0.2) is 12.2 Å². The average Bonchev–Trinajstić information content (AvgIpc) is 1.38. The van der Waals surface area contributed by atoms with Gasteiger partial charge in [-0.05, 0) is 6.92 Å². The van der Waals surface area contributed by atoms with E-state index in [0.29, 0.717) is 5.88 Å². The number of hydrogen-bond donors (Lipinski definition) is 0. The van der Waals surface area contributed by atoms with E-state index in [9.17, 15) is 0 Å². The van der Waals surface area contributed by atoms with Crippen molar-refractivity contribution in [2.45, 2.75) is 6.92 Å². The van der Waals surface area contributed by atoms with Crippen molar-refractivity contribution in [1.29, 1.82) is 0 Å². The van der Waals surface area contributed by atoms with E-state index in [-0.39, 0.29) is 17.0 Å². The number of hydrogen-bond acceptors (Lipinski definition) is 0. The third kappa shape index (κ3) is 8.82. The molecule has 6 heavy (non-hydrogen) atoms. The summed E-state index contributed by atoms with van der Waals surface area (Å²) in [5, 5.41) is 0. The van der Waals surface area contributed by atoms with Crippen LogP contribution in [0.5, 0.6) is 0 Å². The van der Waals surface area contributed by atoms with E-state index in [1.807, 2.05) is 6.92 Å². The maximum absolute atomic E-state index is 5.24. The van der Waals surface area contributed by atoms with Crippen molar-refractivity contribution in [2.75, 3.05) is 5.88 Å². The van der Waals surface area contributed by atoms with Gasteiger partial charge in [-0.3, -0.25) is 0 Å². The fourth-order valence-corrected chi connectivity index (χ4v) is 0. The van der Waals surface area contributed by atoms with Crippen LogP contribution in [0.4, 0.5) is 0 Å². The molecular weight excluding hydrogens is 163 g/mol. The monoisotopic (exact) mass is 170 g/mol. The van der Waals surface area contributed by atoms with Gasteiger partial charge in [0.15, 0.2) is 0 Å². The third-order valence-electron chi connectivity index (χ3n) is 0.228. The molecule has 0 rings (SSSR count). The van der Waals surface area contributed by atoms with E-state index < -0.39 is 0 Å². The van der Waals surface area contributed by atoms with Gasteiger partial charge in [0.2, 0.25) is 0 Å². The van der Waals surface area contributed by atoms with Crippen LogP contribution < -0.4 is 0 Å². The topological polar surface area (TPSA) is 0 Å². The molecule has 0 N–H and O–H groups in total. The molecule has 0 aromatic rings. The van der Waals surface area contributed by atoms with Crippen LogP contribution >= 0.6 is 28.6 Å². The lowest BCUT2D eigenvalue weighted by molar-refractivity contribution is 1.43. The number of rotatable bonds is 1. The lowest BCUT2D eigenvalue weighted by atomic mass is 10.4. The van der Waals surface area contributed by atoms with Crippen molar-refractivity contribution in [3.05, 3.63) is 12.2 Å². The predicted molar refractivity (Wildman–Crippen MR) is 35.9 cm³/mol. The summed E-state index contributed by atoms with van der Waals surface area (Å²) in [4.78, 5) is 0. The summed E-state index contributed by atoms with van der Waals surface area (Å²) in [6.07, 6.45) is 0. The Morgan fingerprint density at radius 3 is 2.00 bits per heavy atom. The second-order valence-corrected chi connectivity index (χ2v) is 1.36. The molecule has 38 valence electrons. The fraction of sp³-hybridized carbons (Fsp3) is 0.500. The third-order valence-corrected chi connectivity index (χ3v) is 0.684. The van der Waals surface area contributed by atoms with Crippen molar-refractivity contribution >= 4 is 28.6 Å². The lowest BCUT2D eigenvalue weighted by Crippen LogP contribution is -1.65. The van der Waals surface area contributed by atoms with Gasteiger partial charge in [0, 0.05) is 5.88 Å². The van der Waals surface area contributed by atoms with E-state index >= 15 is 0 Å². The molecule has 0 aromatic heterocycles. The average molecular weight is 171 g/mol. The Morgan fingerprint density at radius 2 is 2.00 bits per heavy atom. The molecule has 0 fully saturated rings. The Morgan fingerprint density at radius 1 is 1.83 bits per heavy atom. The van der Waals surface area contributed by atoms with Crippen LogP contribution in [0, 0.1) is 0 Å². The Kier molecular flexibility index (Phi) is 8.92. The summed E-state index contributed by atoms with van der Waals surface area (Å²) >= 11 is 5.24. The van der Waals surface area contributed by atoms with E-state index in [4.69, 9.17) is 11.6 Å². The van der Waals surface area contributed by atoms with Gasteiger partial charge in [0.1, 0.15) is 0 Å². The zero-order valence-corrected chi connectivity index (χ0v) is 6.17. The first-order valence-corrected chi connectivity index (χ1v) is 2.01. The van der Waals surface area contributed by atoms with Crippen molar-refractivity contribution in [3.8, 4) is 0 Å². The lowest BCUT2D eigenvalue weighted by Gasteiger charge is -1.77. The minimum atomic E-state index is 0. The molecule has 0 saturated carbocycles. The summed E-state index contributed by atoms with van der Waals surface area (Å²) in [5.41, 5.74) is 1.02. The summed E-state index contributed by atoms with van der Waals surface area (Å²) in [7, 11) is 0. The molecule has 0 aliphatic rings. The summed E-state index contributed by atoms with van der Waals surface area (Å²) in [6, 6.07) is 0. The minimum absolute atomic E-state index is 0. The van der Waals surface area contributed by atoms with Crippen LogP contribution in [-0.2, 0) is 0 Å². The molecule has 0 unspecified atom stereocenters. The van der Waals surface area contributed by atoms with Gasteiger partial charge < -0.3 is 0 Å². The predicted octanol–water partition coefficient (Wildman–Crippen LogP) is 2.38. The molecule has 0 saturated heterocycles. The van der Waals surface area contributed by atoms with E-state index in [1.165, 1.54) is 0 Å². The zero-order valence-electron chi connectivity index (χ0n) is 3.70. The molecule has 0 amide bonds. The molecule has 0 bridgehead atoms. The van der Waals surface area contributed by atoms with Crippen LogP contribution in [0.3, 0.4) is 0 Å². The molecule has 0 nitrogen and oxygen atoms in total. The fourth-order valence-electron chi connectivity index (χ4n) is 0. The first kappa shape index (κ1) is 9.72. The molecule has 0 spiro atoms. The highest BCUT2D eigenvalue weighted by molar-refractivity contribution is 8.93. The second kappa shape index (κ2) is 5.51. The van der Waals surface area contributed by atoms with Crippen LogP contribution in [-0.4, -0.2) is 5.88 Å². The summed E-state index contributed by atoms with van der Waals surface area (Å²) in [6.45, 7) is 5.44. The first-order valence-electron chi connectivity index (χ1n) is 1.47. The highest BCUT2D eigenvalue weighted by atomic mass is 79.9. The van der Waals surface area contributed by atoms with Gasteiger partial charge in [0.25, 0.3) is 0 Å². The maximum Gasteiger partial charge on any atom is 0.0428 e. The summed E-state index contributed by atoms with van der Waals surface area (Å²) in [5.74, 6) is 0.583. The molecular formula is C4H8BrCl. The second-order valence-electron chi connectivity index (χ2n) is 1.09. The van der Waals surface area contributed by atoms with Gasteiger partial charge in [-0.25, -0.2) is 0 Å². The molecule has 0 heterocycles. The Labute approximate surface area is 54.0 Å². The first-order chi connectivity index (χ1) is 2.27. The maximum atomic E-state index is 5.24. The highest BCUT2D eigenvalue weighted by Gasteiger charge is 1.70. The molecule has 0 aliphatic heterocycles. The standard InChI is InChI=1S/C4H7Cl.BrH/c1-4(2)3-5;/h1,3H2,2H3;1H. The normalized spacial score (nSPS) is 6.33. The van der Waals surface area contributed by atoms with Crippen LogP contribution in [0.25, 0.3) is 0 Å². The van der Waals surface area contributed by atoms with Gasteiger partial charge in [-0.1, -0.05) is 12.2 Å². The van der Waals surface area contributed by atoms with Gasteiger partial charge in [0.05, 0.1) is 0 Å². The van der Waals surface area contributed by atoms with Gasteiger partial charge in [-0.2, -0.15) is 0 Å². The largest absolute Gasteiger partial charge is 0.122 e. The number of alkyl halides is 1.